The number of Topliss-reactive ketones (excluding diaryl/α,β-unsaturated/α-hetero) is 1. The number of ketones is 1. The first-order valence-corrected chi connectivity index (χ1v) is 11.1. The second-order valence-electron chi connectivity index (χ2n) is 8.94. The summed E-state index contributed by atoms with van der Waals surface area (Å²) in [5.41, 5.74) is 3.44. The quantitative estimate of drug-likeness (QED) is 0.411. The SMILES string of the molecule is CCC(CCc1ccc(OCC(=O)C(C)(C)C)c(Cl)c1)c1ccc(C(=O)OC)c(C)c1. The molecule has 5 heteroatoms. The highest BCUT2D eigenvalue weighted by Crippen LogP contribution is 2.30. The van der Waals surface area contributed by atoms with Crippen LogP contribution < -0.4 is 4.74 Å². The molecule has 0 spiro atoms. The second kappa shape index (κ2) is 10.8. The molecule has 0 aliphatic carbocycles. The Kier molecular flexibility index (Phi) is 8.69. The number of hydrogen-bond donors (Lipinski definition) is 0. The van der Waals surface area contributed by atoms with Gasteiger partial charge in [-0.25, -0.2) is 4.79 Å². The van der Waals surface area contributed by atoms with Crippen molar-refractivity contribution in [3.8, 4) is 5.75 Å². The Hall–Kier alpha value is -2.33. The van der Waals surface area contributed by atoms with Crippen LogP contribution in [0.5, 0.6) is 5.75 Å². The molecule has 168 valence electrons. The van der Waals surface area contributed by atoms with Crippen LogP contribution in [0, 0.1) is 12.3 Å². The van der Waals surface area contributed by atoms with Gasteiger partial charge < -0.3 is 9.47 Å². The summed E-state index contributed by atoms with van der Waals surface area (Å²) in [7, 11) is 1.40. The summed E-state index contributed by atoms with van der Waals surface area (Å²) in [6, 6.07) is 11.7. The molecule has 0 radical (unpaired) electrons. The Bertz CT molecular complexity index is 927. The zero-order chi connectivity index (χ0) is 23.2. The topological polar surface area (TPSA) is 52.6 Å². The third kappa shape index (κ3) is 6.83. The Morgan fingerprint density at radius 1 is 1.10 bits per heavy atom. The third-order valence-electron chi connectivity index (χ3n) is 5.59. The number of carbonyl (C=O) groups is 2. The number of rotatable bonds is 9. The van der Waals surface area contributed by atoms with Gasteiger partial charge in [0.05, 0.1) is 17.7 Å². The summed E-state index contributed by atoms with van der Waals surface area (Å²) in [4.78, 5) is 23.9. The Balaban J connectivity index is 2.03. The van der Waals surface area contributed by atoms with E-state index in [1.807, 2.05) is 58.0 Å². The van der Waals surface area contributed by atoms with E-state index < -0.39 is 5.41 Å². The van der Waals surface area contributed by atoms with Crippen LogP contribution >= 0.6 is 11.6 Å². The average molecular weight is 445 g/mol. The fourth-order valence-corrected chi connectivity index (χ4v) is 3.66. The van der Waals surface area contributed by atoms with Crippen LogP contribution in [-0.2, 0) is 16.0 Å². The minimum Gasteiger partial charge on any atom is -0.484 e. The van der Waals surface area contributed by atoms with E-state index in [4.69, 9.17) is 21.1 Å². The minimum absolute atomic E-state index is 0.0153. The summed E-state index contributed by atoms with van der Waals surface area (Å²) in [5.74, 6) is 0.638. The fourth-order valence-electron chi connectivity index (χ4n) is 3.40. The number of carbonyl (C=O) groups excluding carboxylic acids is 2. The molecule has 31 heavy (non-hydrogen) atoms. The van der Waals surface area contributed by atoms with Crippen LogP contribution in [0.25, 0.3) is 0 Å². The van der Waals surface area contributed by atoms with Crippen LogP contribution in [0.4, 0.5) is 0 Å². The zero-order valence-corrected chi connectivity index (χ0v) is 20.1. The van der Waals surface area contributed by atoms with E-state index in [-0.39, 0.29) is 18.4 Å². The molecule has 2 aromatic carbocycles. The molecule has 4 nitrogen and oxygen atoms in total. The van der Waals surface area contributed by atoms with Crippen molar-refractivity contribution in [2.75, 3.05) is 13.7 Å². The normalized spacial score (nSPS) is 12.4. The van der Waals surface area contributed by atoms with E-state index in [0.29, 0.717) is 22.3 Å². The van der Waals surface area contributed by atoms with Crippen LogP contribution in [0.15, 0.2) is 36.4 Å². The van der Waals surface area contributed by atoms with E-state index in [0.717, 1.165) is 30.4 Å². The molecule has 0 bridgehead atoms. The maximum Gasteiger partial charge on any atom is 0.338 e. The Morgan fingerprint density at radius 2 is 1.81 bits per heavy atom. The van der Waals surface area contributed by atoms with Gasteiger partial charge in [-0.1, -0.05) is 57.5 Å². The monoisotopic (exact) mass is 444 g/mol. The lowest BCUT2D eigenvalue weighted by Crippen LogP contribution is -2.26. The number of hydrogen-bond acceptors (Lipinski definition) is 4. The van der Waals surface area contributed by atoms with Crippen molar-refractivity contribution in [1.82, 2.24) is 0 Å². The van der Waals surface area contributed by atoms with Gasteiger partial charge in [0, 0.05) is 5.41 Å². The molecule has 2 rings (SSSR count). The molecule has 1 atom stereocenters. The van der Waals surface area contributed by atoms with Gasteiger partial charge in [0.1, 0.15) is 12.4 Å². The molecule has 0 amide bonds. The summed E-state index contributed by atoms with van der Waals surface area (Å²) in [5, 5.41) is 0.519. The standard InChI is InChI=1S/C26H33ClO4/c1-7-19(20-11-12-21(17(2)14-20)25(29)30-6)10-8-18-9-13-23(22(27)15-18)31-16-24(28)26(3,4)5/h9,11-15,19H,7-8,10,16H2,1-6H3. The van der Waals surface area contributed by atoms with Crippen LogP contribution in [0.3, 0.4) is 0 Å². The Morgan fingerprint density at radius 3 is 2.35 bits per heavy atom. The van der Waals surface area contributed by atoms with Gasteiger partial charge in [0.25, 0.3) is 0 Å². The van der Waals surface area contributed by atoms with Crippen LogP contribution in [0.2, 0.25) is 5.02 Å². The Labute approximate surface area is 190 Å². The number of ether oxygens (including phenoxy) is 2. The molecule has 0 saturated carbocycles. The van der Waals surface area contributed by atoms with E-state index in [2.05, 4.69) is 13.0 Å². The van der Waals surface area contributed by atoms with Gasteiger partial charge in [-0.05, 0) is 67.0 Å². The van der Waals surface area contributed by atoms with Crippen LogP contribution in [0.1, 0.15) is 73.5 Å². The summed E-state index contributed by atoms with van der Waals surface area (Å²) in [6.45, 7) is 9.74. The number of methoxy groups -OCH3 is 1. The first kappa shape index (κ1) is 24.9. The minimum atomic E-state index is -0.436. The molecular formula is C26H33ClO4. The lowest BCUT2D eigenvalue weighted by Gasteiger charge is -2.18. The lowest BCUT2D eigenvalue weighted by atomic mass is 9.88. The van der Waals surface area contributed by atoms with Crippen molar-refractivity contribution in [3.63, 3.8) is 0 Å². The number of esters is 1. The van der Waals surface area contributed by atoms with Gasteiger partial charge >= 0.3 is 5.97 Å². The maximum atomic E-state index is 12.1. The molecule has 1 unspecified atom stereocenters. The molecule has 0 aliphatic heterocycles. The molecule has 2 aromatic rings. The predicted octanol–water partition coefficient (Wildman–Crippen LogP) is 6.56. The van der Waals surface area contributed by atoms with Crippen LogP contribution in [-0.4, -0.2) is 25.5 Å². The lowest BCUT2D eigenvalue weighted by molar-refractivity contribution is -0.128. The van der Waals surface area contributed by atoms with Crippen molar-refractivity contribution in [2.24, 2.45) is 5.41 Å². The molecule has 0 saturated heterocycles. The van der Waals surface area contributed by atoms with Gasteiger partial charge in [-0.3, -0.25) is 4.79 Å². The molecule has 0 fully saturated rings. The van der Waals surface area contributed by atoms with Crippen molar-refractivity contribution >= 4 is 23.4 Å². The molecule has 0 N–H and O–H groups in total. The average Bonchev–Trinajstić information content (AvgIpc) is 2.72. The third-order valence-corrected chi connectivity index (χ3v) is 5.89. The highest BCUT2D eigenvalue weighted by Gasteiger charge is 2.22. The second-order valence-corrected chi connectivity index (χ2v) is 9.34. The highest BCUT2D eigenvalue weighted by atomic mass is 35.5. The number of aryl methyl sites for hydroxylation is 2. The smallest absolute Gasteiger partial charge is 0.338 e. The molecule has 0 heterocycles. The van der Waals surface area contributed by atoms with E-state index in [1.165, 1.54) is 12.7 Å². The summed E-state index contributed by atoms with van der Waals surface area (Å²) < 4.78 is 10.5. The van der Waals surface area contributed by atoms with Gasteiger partial charge in [-0.15, -0.1) is 0 Å². The number of halogens is 1. The molecule has 0 aromatic heterocycles. The first-order valence-electron chi connectivity index (χ1n) is 10.7. The summed E-state index contributed by atoms with van der Waals surface area (Å²) >= 11 is 6.39. The van der Waals surface area contributed by atoms with Crippen molar-refractivity contribution in [1.29, 1.82) is 0 Å². The van der Waals surface area contributed by atoms with Gasteiger partial charge in [0.15, 0.2) is 5.78 Å². The van der Waals surface area contributed by atoms with Crippen molar-refractivity contribution in [2.45, 2.75) is 59.8 Å². The summed E-state index contributed by atoms with van der Waals surface area (Å²) in [6.07, 6.45) is 2.84. The zero-order valence-electron chi connectivity index (χ0n) is 19.4. The fraction of sp³-hybridized carbons (Fsp3) is 0.462. The van der Waals surface area contributed by atoms with Crippen molar-refractivity contribution in [3.05, 3.63) is 63.7 Å². The van der Waals surface area contributed by atoms with E-state index >= 15 is 0 Å². The first-order chi connectivity index (χ1) is 14.6. The predicted molar refractivity (Wildman–Crippen MR) is 125 cm³/mol. The van der Waals surface area contributed by atoms with E-state index in [9.17, 15) is 9.59 Å². The molecule has 0 aliphatic rings. The van der Waals surface area contributed by atoms with Gasteiger partial charge in [-0.2, -0.15) is 0 Å². The van der Waals surface area contributed by atoms with E-state index in [1.54, 1.807) is 0 Å². The number of benzene rings is 2. The highest BCUT2D eigenvalue weighted by molar-refractivity contribution is 6.32. The molecular weight excluding hydrogens is 412 g/mol. The van der Waals surface area contributed by atoms with Crippen molar-refractivity contribution < 1.29 is 19.1 Å². The largest absolute Gasteiger partial charge is 0.484 e. The maximum absolute atomic E-state index is 12.1. The van der Waals surface area contributed by atoms with Gasteiger partial charge in [0.2, 0.25) is 0 Å².